The molecule has 0 bridgehead atoms. The number of halogens is 1. The Morgan fingerprint density at radius 2 is 1.78 bits per heavy atom. The molecule has 0 unspecified atom stereocenters. The van der Waals surface area contributed by atoms with Crippen molar-refractivity contribution in [3.63, 3.8) is 0 Å². The second kappa shape index (κ2) is 9.98. The Bertz CT molecular complexity index is 1120. The summed E-state index contributed by atoms with van der Waals surface area (Å²) in [6, 6.07) is 13.3. The Balaban J connectivity index is 1.57. The molecule has 0 saturated carbocycles. The standard InChI is InChI=1S/C20H19ClN8O3/c21-17-4-2-1-3-14(17)13-22-27-19-24-18(23-15-5-7-16(8-6-15)29(30)31)25-20(26-19)28-9-11-32-12-10-28/h1-8,13H,9-12H2,(H2,23,24,25,26,27). The molecule has 2 heterocycles. The van der Waals surface area contributed by atoms with E-state index in [1.54, 1.807) is 24.4 Å². The quantitative estimate of drug-likeness (QED) is 0.313. The Hall–Kier alpha value is -3.83. The van der Waals surface area contributed by atoms with Gasteiger partial charge in [0.2, 0.25) is 17.8 Å². The fourth-order valence-electron chi connectivity index (χ4n) is 2.91. The van der Waals surface area contributed by atoms with E-state index in [9.17, 15) is 10.1 Å². The lowest BCUT2D eigenvalue weighted by Gasteiger charge is -2.27. The number of nitro groups is 1. The first-order chi connectivity index (χ1) is 15.6. The van der Waals surface area contributed by atoms with Crippen LogP contribution < -0.4 is 15.6 Å². The largest absolute Gasteiger partial charge is 0.378 e. The van der Waals surface area contributed by atoms with E-state index in [-0.39, 0.29) is 17.6 Å². The number of morpholine rings is 1. The van der Waals surface area contributed by atoms with Crippen LogP contribution in [-0.2, 0) is 4.74 Å². The number of benzene rings is 2. The second-order valence-corrected chi connectivity index (χ2v) is 7.11. The molecule has 0 atom stereocenters. The van der Waals surface area contributed by atoms with Crippen molar-refractivity contribution in [1.29, 1.82) is 0 Å². The molecule has 1 aromatic heterocycles. The van der Waals surface area contributed by atoms with Gasteiger partial charge in [-0.2, -0.15) is 20.1 Å². The third-order valence-electron chi connectivity index (χ3n) is 4.53. The predicted octanol–water partition coefficient (Wildman–Crippen LogP) is 3.46. The smallest absolute Gasteiger partial charge is 0.269 e. The summed E-state index contributed by atoms with van der Waals surface area (Å²) in [5.41, 5.74) is 4.15. The predicted molar refractivity (Wildman–Crippen MR) is 122 cm³/mol. The number of nitro benzene ring substituents is 1. The number of hydrogen-bond acceptors (Lipinski definition) is 10. The van der Waals surface area contributed by atoms with E-state index in [4.69, 9.17) is 16.3 Å². The summed E-state index contributed by atoms with van der Waals surface area (Å²) in [6.07, 6.45) is 1.57. The number of anilines is 4. The van der Waals surface area contributed by atoms with Gasteiger partial charge in [0, 0.05) is 41.5 Å². The summed E-state index contributed by atoms with van der Waals surface area (Å²) in [4.78, 5) is 25.7. The van der Waals surface area contributed by atoms with E-state index in [0.717, 1.165) is 5.56 Å². The number of hydrazone groups is 1. The normalized spacial score (nSPS) is 13.8. The van der Waals surface area contributed by atoms with Gasteiger partial charge in [0.05, 0.1) is 24.4 Å². The van der Waals surface area contributed by atoms with Crippen LogP contribution in [0.4, 0.5) is 29.2 Å². The van der Waals surface area contributed by atoms with Crippen molar-refractivity contribution >= 4 is 47.0 Å². The second-order valence-electron chi connectivity index (χ2n) is 6.70. The Morgan fingerprint density at radius 3 is 2.50 bits per heavy atom. The van der Waals surface area contributed by atoms with Crippen molar-refractivity contribution < 1.29 is 9.66 Å². The number of nitrogens with zero attached hydrogens (tertiary/aromatic N) is 6. The highest BCUT2D eigenvalue weighted by Gasteiger charge is 2.17. The molecule has 1 aliphatic rings. The van der Waals surface area contributed by atoms with Gasteiger partial charge in [-0.1, -0.05) is 29.8 Å². The maximum atomic E-state index is 10.9. The molecular formula is C20H19ClN8O3. The number of ether oxygens (including phenoxy) is 1. The van der Waals surface area contributed by atoms with Crippen molar-refractivity contribution in [2.45, 2.75) is 0 Å². The maximum Gasteiger partial charge on any atom is 0.269 e. The monoisotopic (exact) mass is 454 g/mol. The Kier molecular flexibility index (Phi) is 6.68. The minimum absolute atomic E-state index is 0.00327. The fourth-order valence-corrected chi connectivity index (χ4v) is 3.09. The third-order valence-corrected chi connectivity index (χ3v) is 4.87. The lowest BCUT2D eigenvalue weighted by molar-refractivity contribution is -0.384. The average Bonchev–Trinajstić information content (AvgIpc) is 2.81. The number of rotatable bonds is 7. The average molecular weight is 455 g/mol. The number of non-ortho nitro benzene ring substituents is 1. The molecule has 0 amide bonds. The number of aromatic nitrogens is 3. The molecule has 0 aliphatic carbocycles. The molecule has 32 heavy (non-hydrogen) atoms. The van der Waals surface area contributed by atoms with E-state index in [1.807, 2.05) is 23.1 Å². The summed E-state index contributed by atoms with van der Waals surface area (Å²) in [5, 5.41) is 18.7. The molecule has 1 aliphatic heterocycles. The van der Waals surface area contributed by atoms with Gasteiger partial charge in [0.25, 0.3) is 5.69 Å². The molecule has 2 N–H and O–H groups in total. The molecule has 1 fully saturated rings. The topological polar surface area (TPSA) is 131 Å². The highest BCUT2D eigenvalue weighted by Crippen LogP contribution is 2.21. The molecule has 11 nitrogen and oxygen atoms in total. The molecule has 2 aromatic carbocycles. The van der Waals surface area contributed by atoms with E-state index in [0.29, 0.717) is 43.0 Å². The minimum Gasteiger partial charge on any atom is -0.378 e. The van der Waals surface area contributed by atoms with E-state index < -0.39 is 4.92 Å². The minimum atomic E-state index is -0.456. The third kappa shape index (κ3) is 5.45. The highest BCUT2D eigenvalue weighted by molar-refractivity contribution is 6.33. The number of hydrogen-bond donors (Lipinski definition) is 2. The van der Waals surface area contributed by atoms with Crippen LogP contribution in [0.3, 0.4) is 0 Å². The van der Waals surface area contributed by atoms with Crippen LogP contribution in [0.15, 0.2) is 53.6 Å². The first-order valence-electron chi connectivity index (χ1n) is 9.72. The zero-order valence-electron chi connectivity index (χ0n) is 16.8. The van der Waals surface area contributed by atoms with Crippen LogP contribution >= 0.6 is 11.6 Å². The molecule has 12 heteroatoms. The molecule has 1 saturated heterocycles. The van der Waals surface area contributed by atoms with Crippen molar-refractivity contribution in [3.05, 3.63) is 69.2 Å². The van der Waals surface area contributed by atoms with Gasteiger partial charge in [-0.25, -0.2) is 5.43 Å². The zero-order valence-corrected chi connectivity index (χ0v) is 17.6. The van der Waals surface area contributed by atoms with Crippen LogP contribution in [0, 0.1) is 10.1 Å². The highest BCUT2D eigenvalue weighted by atomic mass is 35.5. The van der Waals surface area contributed by atoms with Gasteiger partial charge >= 0.3 is 0 Å². The van der Waals surface area contributed by atoms with Crippen LogP contribution in [0.25, 0.3) is 0 Å². The zero-order chi connectivity index (χ0) is 22.3. The molecule has 164 valence electrons. The van der Waals surface area contributed by atoms with Gasteiger partial charge in [-0.3, -0.25) is 10.1 Å². The number of nitrogens with one attached hydrogen (secondary N) is 2. The van der Waals surface area contributed by atoms with Crippen LogP contribution in [0.1, 0.15) is 5.56 Å². The van der Waals surface area contributed by atoms with Gasteiger partial charge in [-0.15, -0.1) is 0 Å². The molecule has 0 spiro atoms. The SMILES string of the molecule is O=[N+]([O-])c1ccc(Nc2nc(NN=Cc3ccccc3Cl)nc(N3CCOCC3)n2)cc1. The molecular weight excluding hydrogens is 436 g/mol. The summed E-state index contributed by atoms with van der Waals surface area (Å²) in [6.45, 7) is 2.43. The summed E-state index contributed by atoms with van der Waals surface area (Å²) in [7, 11) is 0. The Labute approximate surface area is 188 Å². The lowest BCUT2D eigenvalue weighted by Crippen LogP contribution is -2.37. The van der Waals surface area contributed by atoms with Crippen molar-refractivity contribution in [2.24, 2.45) is 5.10 Å². The summed E-state index contributed by atoms with van der Waals surface area (Å²) in [5.74, 6) is 0.961. The molecule has 0 radical (unpaired) electrons. The lowest BCUT2D eigenvalue weighted by atomic mass is 10.2. The molecule has 4 rings (SSSR count). The first-order valence-corrected chi connectivity index (χ1v) is 10.1. The van der Waals surface area contributed by atoms with Crippen molar-refractivity contribution in [1.82, 2.24) is 15.0 Å². The van der Waals surface area contributed by atoms with Crippen LogP contribution in [0.2, 0.25) is 5.02 Å². The summed E-state index contributed by atoms with van der Waals surface area (Å²) < 4.78 is 5.40. The Morgan fingerprint density at radius 1 is 1.06 bits per heavy atom. The molecule has 3 aromatic rings. The van der Waals surface area contributed by atoms with Gasteiger partial charge in [0.15, 0.2) is 0 Å². The first kappa shape index (κ1) is 21.4. The van der Waals surface area contributed by atoms with E-state index in [1.165, 1.54) is 12.1 Å². The maximum absolute atomic E-state index is 10.9. The van der Waals surface area contributed by atoms with Gasteiger partial charge in [0.1, 0.15) is 0 Å². The fraction of sp³-hybridized carbons (Fsp3) is 0.200. The summed E-state index contributed by atoms with van der Waals surface area (Å²) >= 11 is 6.15. The van der Waals surface area contributed by atoms with E-state index >= 15 is 0 Å². The van der Waals surface area contributed by atoms with Gasteiger partial charge in [-0.05, 0) is 18.2 Å². The van der Waals surface area contributed by atoms with Gasteiger partial charge < -0.3 is 15.0 Å². The van der Waals surface area contributed by atoms with Crippen molar-refractivity contribution in [2.75, 3.05) is 41.9 Å². The van der Waals surface area contributed by atoms with Crippen molar-refractivity contribution in [3.8, 4) is 0 Å². The van der Waals surface area contributed by atoms with Crippen LogP contribution in [-0.4, -0.2) is 52.4 Å². The van der Waals surface area contributed by atoms with Crippen LogP contribution in [0.5, 0.6) is 0 Å². The van der Waals surface area contributed by atoms with E-state index in [2.05, 4.69) is 30.8 Å².